The van der Waals surface area contributed by atoms with E-state index in [0.717, 1.165) is 32.4 Å². The minimum Gasteiger partial charge on any atom is -0.370 e. The summed E-state index contributed by atoms with van der Waals surface area (Å²) in [6, 6.07) is 16.1. The van der Waals surface area contributed by atoms with Gasteiger partial charge < -0.3 is 5.73 Å². The number of hydrogen-bond acceptors (Lipinski definition) is 3. The molecule has 0 radical (unpaired) electrons. The minimum atomic E-state index is -0.335. The van der Waals surface area contributed by atoms with Crippen molar-refractivity contribution in [3.8, 4) is 0 Å². The van der Waals surface area contributed by atoms with Gasteiger partial charge in [-0.2, -0.15) is 0 Å². The third kappa shape index (κ3) is 5.01. The van der Waals surface area contributed by atoms with Crippen LogP contribution >= 0.6 is 0 Å². The molecule has 5 heteroatoms. The molecule has 1 aliphatic heterocycles. The number of carbonyl (C=O) groups is 2. The number of primary amides is 1. The Morgan fingerprint density at radius 1 is 1.07 bits per heavy atom. The molecule has 2 atom stereocenters. The third-order valence-corrected chi connectivity index (χ3v) is 5.27. The van der Waals surface area contributed by atoms with Crippen LogP contribution in [0.1, 0.15) is 47.6 Å². The molecule has 0 aliphatic carbocycles. The lowest BCUT2D eigenvalue weighted by molar-refractivity contribution is -0.118. The highest BCUT2D eigenvalue weighted by molar-refractivity contribution is 5.97. The molecule has 0 spiro atoms. The van der Waals surface area contributed by atoms with Gasteiger partial charge in [-0.3, -0.25) is 14.5 Å². The summed E-state index contributed by atoms with van der Waals surface area (Å²) < 4.78 is 13.2. The summed E-state index contributed by atoms with van der Waals surface area (Å²) in [5, 5.41) is 0. The molecule has 3 rings (SSSR count). The van der Waals surface area contributed by atoms with Gasteiger partial charge in [0.2, 0.25) is 5.91 Å². The number of likely N-dealkylation sites (tertiary alicyclic amines) is 1. The first-order valence-electron chi connectivity index (χ1n) is 9.41. The average molecular weight is 368 g/mol. The molecule has 0 bridgehead atoms. The highest BCUT2D eigenvalue weighted by Crippen LogP contribution is 2.35. The van der Waals surface area contributed by atoms with Crippen molar-refractivity contribution in [2.75, 3.05) is 13.1 Å². The summed E-state index contributed by atoms with van der Waals surface area (Å²) in [6.07, 6.45) is 2.57. The standard InChI is InChI=1S/C22H25FN2O2/c23-19-10-8-17(9-11-19)22(27)18-12-14-25(13-4-7-21(24)26)20(15-18)16-5-2-1-3-6-16/h1-3,5-6,8-11,18,20H,4,7,12-15H2,(H2,24,26). The van der Waals surface area contributed by atoms with E-state index in [-0.39, 0.29) is 29.5 Å². The van der Waals surface area contributed by atoms with Crippen molar-refractivity contribution in [1.29, 1.82) is 0 Å². The number of ketones is 1. The van der Waals surface area contributed by atoms with Gasteiger partial charge in [0.25, 0.3) is 0 Å². The van der Waals surface area contributed by atoms with Gasteiger partial charge in [0.05, 0.1) is 0 Å². The van der Waals surface area contributed by atoms with Gasteiger partial charge in [0.15, 0.2) is 5.78 Å². The van der Waals surface area contributed by atoms with Crippen molar-refractivity contribution in [1.82, 2.24) is 4.90 Å². The molecule has 1 fully saturated rings. The molecule has 142 valence electrons. The summed E-state index contributed by atoms with van der Waals surface area (Å²) >= 11 is 0. The summed E-state index contributed by atoms with van der Waals surface area (Å²) in [5.74, 6) is -0.633. The Morgan fingerprint density at radius 3 is 2.44 bits per heavy atom. The van der Waals surface area contributed by atoms with E-state index in [4.69, 9.17) is 5.73 Å². The van der Waals surface area contributed by atoms with E-state index in [1.54, 1.807) is 12.1 Å². The number of rotatable bonds is 7. The lowest BCUT2D eigenvalue weighted by Crippen LogP contribution is -2.39. The van der Waals surface area contributed by atoms with E-state index in [1.165, 1.54) is 17.7 Å². The van der Waals surface area contributed by atoms with E-state index in [9.17, 15) is 14.0 Å². The molecule has 1 aliphatic rings. The maximum atomic E-state index is 13.2. The number of amides is 1. The normalized spacial score (nSPS) is 20.3. The van der Waals surface area contributed by atoms with Crippen LogP contribution in [0.25, 0.3) is 0 Å². The summed E-state index contributed by atoms with van der Waals surface area (Å²) in [5.41, 5.74) is 7.00. The van der Waals surface area contributed by atoms with Crippen LogP contribution in [0, 0.1) is 11.7 Å². The fourth-order valence-corrected chi connectivity index (χ4v) is 3.85. The van der Waals surface area contributed by atoms with Crippen LogP contribution in [0.5, 0.6) is 0 Å². The lowest BCUT2D eigenvalue weighted by Gasteiger charge is -2.39. The van der Waals surface area contributed by atoms with Crippen molar-refractivity contribution < 1.29 is 14.0 Å². The molecule has 4 nitrogen and oxygen atoms in total. The molecule has 1 amide bonds. The summed E-state index contributed by atoms with van der Waals surface area (Å²) in [6.45, 7) is 1.57. The molecular formula is C22H25FN2O2. The van der Waals surface area contributed by atoms with Gasteiger partial charge in [-0.15, -0.1) is 0 Å². The number of halogens is 1. The molecule has 2 aromatic rings. The number of nitrogens with two attached hydrogens (primary N) is 1. The number of Topliss-reactive ketones (excluding diaryl/α,β-unsaturated/α-hetero) is 1. The Balaban J connectivity index is 1.74. The molecule has 1 saturated heterocycles. The predicted molar refractivity (Wildman–Crippen MR) is 103 cm³/mol. The molecule has 2 N–H and O–H groups in total. The number of nitrogens with zero attached hydrogens (tertiary/aromatic N) is 1. The molecule has 27 heavy (non-hydrogen) atoms. The first-order valence-corrected chi connectivity index (χ1v) is 9.41. The van der Waals surface area contributed by atoms with Crippen LogP contribution in [-0.4, -0.2) is 29.7 Å². The Hall–Kier alpha value is -2.53. The SMILES string of the molecule is NC(=O)CCCN1CCC(C(=O)c2ccc(F)cc2)CC1c1ccccc1. The fourth-order valence-electron chi connectivity index (χ4n) is 3.85. The van der Waals surface area contributed by atoms with Gasteiger partial charge >= 0.3 is 0 Å². The second-order valence-electron chi connectivity index (χ2n) is 7.12. The van der Waals surface area contributed by atoms with E-state index < -0.39 is 0 Å². The Labute approximate surface area is 159 Å². The number of carbonyl (C=O) groups excluding carboxylic acids is 2. The maximum Gasteiger partial charge on any atom is 0.217 e. The Bertz CT molecular complexity index is 777. The van der Waals surface area contributed by atoms with Gasteiger partial charge in [-0.05, 0) is 62.2 Å². The first kappa shape index (κ1) is 19.2. The van der Waals surface area contributed by atoms with E-state index in [2.05, 4.69) is 17.0 Å². The van der Waals surface area contributed by atoms with Crippen LogP contribution in [0.4, 0.5) is 4.39 Å². The molecule has 0 aromatic heterocycles. The van der Waals surface area contributed by atoms with E-state index in [1.807, 2.05) is 18.2 Å². The molecule has 2 aromatic carbocycles. The lowest BCUT2D eigenvalue weighted by atomic mass is 9.82. The van der Waals surface area contributed by atoms with E-state index in [0.29, 0.717) is 12.0 Å². The minimum absolute atomic E-state index is 0.0766. The predicted octanol–water partition coefficient (Wildman–Crippen LogP) is 3.73. The van der Waals surface area contributed by atoms with Crippen molar-refractivity contribution in [2.45, 2.75) is 31.7 Å². The largest absolute Gasteiger partial charge is 0.370 e. The zero-order valence-corrected chi connectivity index (χ0v) is 15.3. The number of piperidine rings is 1. The zero-order valence-electron chi connectivity index (χ0n) is 15.3. The van der Waals surface area contributed by atoms with Gasteiger partial charge in [0, 0.05) is 23.9 Å². The Kier molecular flexibility index (Phi) is 6.35. The van der Waals surface area contributed by atoms with Crippen LogP contribution in [0.2, 0.25) is 0 Å². The fraction of sp³-hybridized carbons (Fsp3) is 0.364. The average Bonchev–Trinajstić information content (AvgIpc) is 2.68. The summed E-state index contributed by atoms with van der Waals surface area (Å²) in [7, 11) is 0. The van der Waals surface area contributed by atoms with Crippen molar-refractivity contribution in [2.24, 2.45) is 11.7 Å². The van der Waals surface area contributed by atoms with Gasteiger partial charge in [-0.25, -0.2) is 4.39 Å². The van der Waals surface area contributed by atoms with Gasteiger partial charge in [0.1, 0.15) is 5.82 Å². The van der Waals surface area contributed by atoms with Crippen molar-refractivity contribution in [3.05, 3.63) is 71.5 Å². The van der Waals surface area contributed by atoms with E-state index >= 15 is 0 Å². The zero-order chi connectivity index (χ0) is 19.2. The molecule has 0 saturated carbocycles. The van der Waals surface area contributed by atoms with Crippen molar-refractivity contribution >= 4 is 11.7 Å². The number of benzene rings is 2. The Morgan fingerprint density at radius 2 is 1.78 bits per heavy atom. The van der Waals surface area contributed by atoms with Crippen LogP contribution in [0.3, 0.4) is 0 Å². The molecule has 1 heterocycles. The monoisotopic (exact) mass is 368 g/mol. The second kappa shape index (κ2) is 8.91. The highest BCUT2D eigenvalue weighted by atomic mass is 19.1. The molecular weight excluding hydrogens is 343 g/mol. The molecule has 2 unspecified atom stereocenters. The van der Waals surface area contributed by atoms with Crippen LogP contribution in [0.15, 0.2) is 54.6 Å². The topological polar surface area (TPSA) is 63.4 Å². The smallest absolute Gasteiger partial charge is 0.217 e. The second-order valence-corrected chi connectivity index (χ2v) is 7.12. The number of hydrogen-bond donors (Lipinski definition) is 1. The third-order valence-electron chi connectivity index (χ3n) is 5.27. The highest BCUT2D eigenvalue weighted by Gasteiger charge is 2.33. The van der Waals surface area contributed by atoms with Crippen LogP contribution in [-0.2, 0) is 4.79 Å². The van der Waals surface area contributed by atoms with Crippen LogP contribution < -0.4 is 5.73 Å². The first-order chi connectivity index (χ1) is 13.0. The van der Waals surface area contributed by atoms with Gasteiger partial charge in [-0.1, -0.05) is 30.3 Å². The summed E-state index contributed by atoms with van der Waals surface area (Å²) in [4.78, 5) is 26.3. The van der Waals surface area contributed by atoms with Crippen molar-refractivity contribution in [3.63, 3.8) is 0 Å². The quantitative estimate of drug-likeness (QED) is 0.758. The maximum absolute atomic E-state index is 13.2.